The molecule has 1 aromatic carbocycles. The molecule has 1 atom stereocenters. The largest absolute Gasteiger partial charge is 0.385 e. The summed E-state index contributed by atoms with van der Waals surface area (Å²) in [6.45, 7) is 4.16. The molecule has 0 heterocycles. The Bertz CT molecular complexity index is 331. The zero-order valence-electron chi connectivity index (χ0n) is 11.8. The first-order chi connectivity index (χ1) is 9.26. The number of halogens is 1. The van der Waals surface area contributed by atoms with Gasteiger partial charge in [-0.1, -0.05) is 22.9 Å². The van der Waals surface area contributed by atoms with Crippen molar-refractivity contribution in [1.82, 2.24) is 5.32 Å². The molecule has 19 heavy (non-hydrogen) atoms. The van der Waals surface area contributed by atoms with Gasteiger partial charge in [-0.2, -0.15) is 0 Å². The van der Waals surface area contributed by atoms with Crippen LogP contribution in [0.25, 0.3) is 0 Å². The smallest absolute Gasteiger partial charge is 0.0462 e. The molecule has 0 radical (unpaired) electrons. The van der Waals surface area contributed by atoms with Gasteiger partial charge in [0.1, 0.15) is 0 Å². The average molecular weight is 346 g/mol. The number of nitrogens with one attached hydrogen (secondary N) is 1. The fourth-order valence-electron chi connectivity index (χ4n) is 1.79. The lowest BCUT2D eigenvalue weighted by molar-refractivity contribution is 0.189. The highest BCUT2D eigenvalue weighted by Gasteiger charge is 2.08. The van der Waals surface area contributed by atoms with Crippen LogP contribution >= 0.6 is 27.7 Å². The van der Waals surface area contributed by atoms with Gasteiger partial charge in [0.25, 0.3) is 0 Å². The molecule has 0 amide bonds. The summed E-state index contributed by atoms with van der Waals surface area (Å²) < 4.78 is 6.27. The first-order valence-corrected chi connectivity index (χ1v) is 8.64. The second kappa shape index (κ2) is 10.7. The van der Waals surface area contributed by atoms with Gasteiger partial charge in [-0.3, -0.25) is 0 Å². The lowest BCUT2D eigenvalue weighted by Gasteiger charge is -2.18. The van der Waals surface area contributed by atoms with Gasteiger partial charge in [0, 0.05) is 34.9 Å². The van der Waals surface area contributed by atoms with Crippen LogP contribution in [-0.4, -0.2) is 32.1 Å². The third-order valence-electron chi connectivity index (χ3n) is 2.85. The molecule has 1 N–H and O–H groups in total. The fourth-order valence-corrected chi connectivity index (χ4v) is 3.07. The molecule has 0 aliphatic heterocycles. The van der Waals surface area contributed by atoms with Crippen molar-refractivity contribution < 1.29 is 4.74 Å². The van der Waals surface area contributed by atoms with E-state index in [1.165, 1.54) is 17.7 Å². The third-order valence-corrected chi connectivity index (χ3v) is 4.55. The Balaban J connectivity index is 2.35. The maximum absolute atomic E-state index is 5.13. The first-order valence-electron chi connectivity index (χ1n) is 6.87. The van der Waals surface area contributed by atoms with Gasteiger partial charge >= 0.3 is 0 Å². The minimum Gasteiger partial charge on any atom is -0.385 e. The van der Waals surface area contributed by atoms with Gasteiger partial charge in [0.15, 0.2) is 0 Å². The number of thioether (sulfide) groups is 1. The van der Waals surface area contributed by atoms with E-state index >= 15 is 0 Å². The van der Waals surface area contributed by atoms with Crippen LogP contribution in [-0.2, 0) is 4.74 Å². The summed E-state index contributed by atoms with van der Waals surface area (Å²) >= 11 is 5.39. The van der Waals surface area contributed by atoms with Crippen LogP contribution in [0.2, 0.25) is 0 Å². The van der Waals surface area contributed by atoms with E-state index in [1.807, 2.05) is 11.8 Å². The summed E-state index contributed by atoms with van der Waals surface area (Å²) in [5, 5.41) is 3.62. The zero-order chi connectivity index (χ0) is 13.9. The van der Waals surface area contributed by atoms with Crippen molar-refractivity contribution in [2.75, 3.05) is 26.0 Å². The Labute approximate surface area is 129 Å². The van der Waals surface area contributed by atoms with Gasteiger partial charge in [-0.05, 0) is 50.1 Å². The van der Waals surface area contributed by atoms with Crippen molar-refractivity contribution in [2.24, 2.45) is 0 Å². The standard InChI is InChI=1S/C15H24BrNOS/c1-3-10-17-14(5-4-11-18-2)12-19-15-8-6-13(16)7-9-15/h6-9,14,17H,3-5,10-12H2,1-2H3. The van der Waals surface area contributed by atoms with Crippen molar-refractivity contribution in [2.45, 2.75) is 37.1 Å². The first kappa shape index (κ1) is 17.0. The Kier molecular flexibility index (Phi) is 9.61. The van der Waals surface area contributed by atoms with E-state index in [0.29, 0.717) is 6.04 Å². The van der Waals surface area contributed by atoms with Crippen LogP contribution in [0, 0.1) is 0 Å². The van der Waals surface area contributed by atoms with Gasteiger partial charge in [0.2, 0.25) is 0 Å². The van der Waals surface area contributed by atoms with Crippen molar-refractivity contribution in [3.63, 3.8) is 0 Å². The van der Waals surface area contributed by atoms with E-state index in [-0.39, 0.29) is 0 Å². The molecule has 0 saturated carbocycles. The van der Waals surface area contributed by atoms with Gasteiger partial charge in [0.05, 0.1) is 0 Å². The minimum absolute atomic E-state index is 0.573. The molecule has 1 rings (SSSR count). The zero-order valence-corrected chi connectivity index (χ0v) is 14.2. The van der Waals surface area contributed by atoms with Crippen molar-refractivity contribution in [1.29, 1.82) is 0 Å². The van der Waals surface area contributed by atoms with Crippen LogP contribution in [0.1, 0.15) is 26.2 Å². The monoisotopic (exact) mass is 345 g/mol. The number of hydrogen-bond donors (Lipinski definition) is 1. The van der Waals surface area contributed by atoms with Crippen LogP contribution in [0.4, 0.5) is 0 Å². The molecule has 0 aromatic heterocycles. The summed E-state index contributed by atoms with van der Waals surface area (Å²) in [5.74, 6) is 1.12. The highest BCUT2D eigenvalue weighted by atomic mass is 79.9. The number of benzene rings is 1. The van der Waals surface area contributed by atoms with Crippen molar-refractivity contribution in [3.8, 4) is 0 Å². The third kappa shape index (κ3) is 7.98. The molecular formula is C15H24BrNOS. The molecule has 0 fully saturated rings. The molecule has 0 aliphatic rings. The lowest BCUT2D eigenvalue weighted by Crippen LogP contribution is -2.32. The van der Waals surface area contributed by atoms with Gasteiger partial charge < -0.3 is 10.1 Å². The Hall–Kier alpha value is -0.0300. The summed E-state index contributed by atoms with van der Waals surface area (Å²) in [5.41, 5.74) is 0. The van der Waals surface area contributed by atoms with Crippen molar-refractivity contribution in [3.05, 3.63) is 28.7 Å². The van der Waals surface area contributed by atoms with Crippen LogP contribution in [0.15, 0.2) is 33.6 Å². The highest BCUT2D eigenvalue weighted by molar-refractivity contribution is 9.10. The second-order valence-electron chi connectivity index (χ2n) is 4.55. The SMILES string of the molecule is CCCNC(CCCOC)CSc1ccc(Br)cc1. The number of rotatable bonds is 10. The highest BCUT2D eigenvalue weighted by Crippen LogP contribution is 2.22. The Morgan fingerprint density at radius 1 is 1.32 bits per heavy atom. The summed E-state index contributed by atoms with van der Waals surface area (Å²) in [7, 11) is 1.77. The van der Waals surface area contributed by atoms with Crippen LogP contribution in [0.3, 0.4) is 0 Å². The molecule has 2 nitrogen and oxygen atoms in total. The van der Waals surface area contributed by atoms with Crippen molar-refractivity contribution >= 4 is 27.7 Å². The van der Waals surface area contributed by atoms with E-state index < -0.39 is 0 Å². The fraction of sp³-hybridized carbons (Fsp3) is 0.600. The molecule has 108 valence electrons. The molecule has 0 spiro atoms. The molecule has 0 aliphatic carbocycles. The molecule has 0 bridgehead atoms. The molecule has 0 saturated heterocycles. The maximum atomic E-state index is 5.13. The van der Waals surface area contributed by atoms with E-state index in [4.69, 9.17) is 4.74 Å². The Morgan fingerprint density at radius 3 is 2.68 bits per heavy atom. The molecule has 1 aromatic rings. The van der Waals surface area contributed by atoms with E-state index in [1.54, 1.807) is 7.11 Å². The topological polar surface area (TPSA) is 21.3 Å². The molecule has 1 unspecified atom stereocenters. The average Bonchev–Trinajstić information content (AvgIpc) is 2.43. The number of ether oxygens (including phenoxy) is 1. The van der Waals surface area contributed by atoms with E-state index in [9.17, 15) is 0 Å². The minimum atomic E-state index is 0.573. The normalized spacial score (nSPS) is 12.6. The summed E-state index contributed by atoms with van der Waals surface area (Å²) in [6, 6.07) is 9.11. The number of hydrogen-bond acceptors (Lipinski definition) is 3. The number of methoxy groups -OCH3 is 1. The lowest BCUT2D eigenvalue weighted by atomic mass is 10.2. The van der Waals surface area contributed by atoms with E-state index in [0.717, 1.165) is 29.8 Å². The predicted octanol–water partition coefficient (Wildman–Crippen LogP) is 4.34. The Morgan fingerprint density at radius 2 is 2.05 bits per heavy atom. The van der Waals surface area contributed by atoms with Crippen LogP contribution < -0.4 is 5.32 Å². The summed E-state index contributed by atoms with van der Waals surface area (Å²) in [4.78, 5) is 1.33. The predicted molar refractivity (Wildman–Crippen MR) is 88.1 cm³/mol. The van der Waals surface area contributed by atoms with E-state index in [2.05, 4.69) is 52.4 Å². The maximum Gasteiger partial charge on any atom is 0.0462 e. The second-order valence-corrected chi connectivity index (χ2v) is 6.56. The summed E-state index contributed by atoms with van der Waals surface area (Å²) in [6.07, 6.45) is 3.49. The van der Waals surface area contributed by atoms with Gasteiger partial charge in [-0.15, -0.1) is 11.8 Å². The molecule has 4 heteroatoms. The van der Waals surface area contributed by atoms with Crippen LogP contribution in [0.5, 0.6) is 0 Å². The molecular weight excluding hydrogens is 322 g/mol. The quantitative estimate of drug-likeness (QED) is 0.503. The van der Waals surface area contributed by atoms with Gasteiger partial charge in [-0.25, -0.2) is 0 Å².